The summed E-state index contributed by atoms with van der Waals surface area (Å²) in [4.78, 5) is 46.7. The summed E-state index contributed by atoms with van der Waals surface area (Å²) in [5.41, 5.74) is 1.15. The lowest BCUT2D eigenvalue weighted by Crippen LogP contribution is -2.49. The van der Waals surface area contributed by atoms with Gasteiger partial charge < -0.3 is 9.47 Å². The number of imidazole rings is 1. The minimum absolute atomic E-state index is 0.00544. The van der Waals surface area contributed by atoms with Gasteiger partial charge in [-0.1, -0.05) is 44.2 Å². The zero-order valence-electron chi connectivity index (χ0n) is 19.1. The smallest absolute Gasteiger partial charge is 0.332 e. The van der Waals surface area contributed by atoms with E-state index in [-0.39, 0.29) is 23.1 Å². The number of hydrogen-bond acceptors (Lipinski definition) is 5. The Labute approximate surface area is 186 Å². The van der Waals surface area contributed by atoms with Crippen molar-refractivity contribution < 1.29 is 4.79 Å². The molecule has 1 aliphatic heterocycles. The van der Waals surface area contributed by atoms with Gasteiger partial charge in [-0.15, -0.1) is 0 Å². The molecular weight excluding hydrogens is 408 g/mol. The van der Waals surface area contributed by atoms with Crippen LogP contribution in [0.1, 0.15) is 25.2 Å². The molecule has 0 saturated carbocycles. The highest BCUT2D eigenvalue weighted by atomic mass is 16.2. The Morgan fingerprint density at radius 3 is 2.25 bits per heavy atom. The number of benzene rings is 1. The number of aromatic nitrogens is 4. The molecule has 32 heavy (non-hydrogen) atoms. The SMILES string of the molecule is CC(C)C(=O)N1CCN(Cc2nc3c(c(=O)n(C)c(=O)n3C)n2Cc2ccccc2)CC1. The summed E-state index contributed by atoms with van der Waals surface area (Å²) in [7, 11) is 3.14. The molecule has 0 radical (unpaired) electrons. The van der Waals surface area contributed by atoms with Crippen LogP contribution in [0.15, 0.2) is 39.9 Å². The summed E-state index contributed by atoms with van der Waals surface area (Å²) in [6.45, 7) is 7.71. The van der Waals surface area contributed by atoms with Crippen molar-refractivity contribution in [1.82, 2.24) is 28.5 Å². The van der Waals surface area contributed by atoms with E-state index in [0.29, 0.717) is 37.3 Å². The Bertz CT molecular complexity index is 1250. The van der Waals surface area contributed by atoms with Gasteiger partial charge in [-0.25, -0.2) is 9.78 Å². The van der Waals surface area contributed by atoms with Crippen LogP contribution in [0.4, 0.5) is 0 Å². The highest BCUT2D eigenvalue weighted by Crippen LogP contribution is 2.17. The third-order valence-electron chi connectivity index (χ3n) is 6.15. The van der Waals surface area contributed by atoms with Crippen LogP contribution in [0.5, 0.6) is 0 Å². The fourth-order valence-corrected chi connectivity index (χ4v) is 4.24. The van der Waals surface area contributed by atoms with Crippen LogP contribution >= 0.6 is 0 Å². The van der Waals surface area contributed by atoms with Gasteiger partial charge in [0.1, 0.15) is 5.82 Å². The molecule has 0 aliphatic carbocycles. The van der Waals surface area contributed by atoms with Crippen molar-refractivity contribution in [3.63, 3.8) is 0 Å². The molecule has 0 unspecified atom stereocenters. The van der Waals surface area contributed by atoms with E-state index in [0.717, 1.165) is 29.0 Å². The van der Waals surface area contributed by atoms with Gasteiger partial charge in [0, 0.05) is 52.7 Å². The van der Waals surface area contributed by atoms with Crippen LogP contribution in [0.2, 0.25) is 0 Å². The van der Waals surface area contributed by atoms with Gasteiger partial charge in [-0.05, 0) is 5.56 Å². The van der Waals surface area contributed by atoms with E-state index in [1.165, 1.54) is 11.6 Å². The molecule has 0 atom stereocenters. The molecule has 9 heteroatoms. The first kappa shape index (κ1) is 22.0. The number of nitrogens with zero attached hydrogens (tertiary/aromatic N) is 6. The molecule has 1 amide bonds. The van der Waals surface area contributed by atoms with Crippen LogP contribution in [-0.4, -0.2) is 60.6 Å². The predicted molar refractivity (Wildman–Crippen MR) is 122 cm³/mol. The van der Waals surface area contributed by atoms with Crippen molar-refractivity contribution in [2.45, 2.75) is 26.9 Å². The summed E-state index contributed by atoms with van der Waals surface area (Å²) >= 11 is 0. The van der Waals surface area contributed by atoms with E-state index in [2.05, 4.69) is 4.90 Å². The first-order valence-electron chi connectivity index (χ1n) is 11.0. The molecule has 170 valence electrons. The maximum absolute atomic E-state index is 13.0. The van der Waals surface area contributed by atoms with Crippen LogP contribution in [0, 0.1) is 5.92 Å². The average molecular weight is 439 g/mol. The number of hydrogen-bond donors (Lipinski definition) is 0. The molecule has 1 fully saturated rings. The number of aryl methyl sites for hydroxylation is 1. The fourth-order valence-electron chi connectivity index (χ4n) is 4.24. The van der Waals surface area contributed by atoms with Crippen molar-refractivity contribution in [2.24, 2.45) is 20.0 Å². The minimum atomic E-state index is -0.390. The average Bonchev–Trinajstić information content (AvgIpc) is 3.14. The molecule has 9 nitrogen and oxygen atoms in total. The van der Waals surface area contributed by atoms with E-state index in [1.54, 1.807) is 7.05 Å². The standard InChI is InChI=1S/C23H30N6O3/c1-16(2)21(30)28-12-10-27(11-13-28)15-18-24-20-19(22(31)26(4)23(32)25(20)3)29(18)14-17-8-6-5-7-9-17/h5-9,16H,10-15H2,1-4H3. The largest absolute Gasteiger partial charge is 0.340 e. The fraction of sp³-hybridized carbons (Fsp3) is 0.478. The number of rotatable bonds is 5. The second kappa shape index (κ2) is 8.74. The molecule has 3 heterocycles. The highest BCUT2D eigenvalue weighted by molar-refractivity contribution is 5.78. The van der Waals surface area contributed by atoms with E-state index < -0.39 is 0 Å². The Kier molecular flexibility index (Phi) is 6.01. The summed E-state index contributed by atoms with van der Waals surface area (Å²) in [5.74, 6) is 0.916. The van der Waals surface area contributed by atoms with Crippen molar-refractivity contribution in [1.29, 1.82) is 0 Å². The third kappa shape index (κ3) is 4.00. The second-order valence-electron chi connectivity index (χ2n) is 8.73. The summed E-state index contributed by atoms with van der Waals surface area (Å²) < 4.78 is 4.49. The lowest BCUT2D eigenvalue weighted by molar-refractivity contribution is -0.136. The number of piperazine rings is 1. The van der Waals surface area contributed by atoms with Crippen molar-refractivity contribution in [3.05, 3.63) is 62.6 Å². The topological polar surface area (TPSA) is 85.4 Å². The Balaban J connectivity index is 1.70. The van der Waals surface area contributed by atoms with Gasteiger partial charge >= 0.3 is 5.69 Å². The van der Waals surface area contributed by atoms with Crippen LogP contribution in [0.25, 0.3) is 11.2 Å². The molecule has 1 aliphatic rings. The van der Waals surface area contributed by atoms with E-state index >= 15 is 0 Å². The number of carbonyl (C=O) groups is 1. The summed E-state index contributed by atoms with van der Waals surface area (Å²) in [5, 5.41) is 0. The lowest BCUT2D eigenvalue weighted by atomic mass is 10.1. The Morgan fingerprint density at radius 1 is 0.969 bits per heavy atom. The molecule has 4 rings (SSSR count). The highest BCUT2D eigenvalue weighted by Gasteiger charge is 2.25. The van der Waals surface area contributed by atoms with Gasteiger partial charge in [-0.3, -0.25) is 23.6 Å². The zero-order chi connectivity index (χ0) is 23.0. The van der Waals surface area contributed by atoms with E-state index in [4.69, 9.17) is 4.98 Å². The first-order valence-corrected chi connectivity index (χ1v) is 11.0. The van der Waals surface area contributed by atoms with Gasteiger partial charge in [0.15, 0.2) is 11.2 Å². The predicted octanol–water partition coefficient (Wildman–Crippen LogP) is 0.782. The van der Waals surface area contributed by atoms with Crippen molar-refractivity contribution >= 4 is 17.1 Å². The minimum Gasteiger partial charge on any atom is -0.340 e. The molecular formula is C23H30N6O3. The van der Waals surface area contributed by atoms with Crippen LogP contribution < -0.4 is 11.2 Å². The monoisotopic (exact) mass is 438 g/mol. The molecule has 2 aromatic heterocycles. The molecule has 1 aromatic carbocycles. The Morgan fingerprint density at radius 2 is 1.62 bits per heavy atom. The molecule has 0 N–H and O–H groups in total. The summed E-state index contributed by atoms with van der Waals surface area (Å²) in [6, 6.07) is 9.91. The van der Waals surface area contributed by atoms with Gasteiger partial charge in [0.25, 0.3) is 5.56 Å². The van der Waals surface area contributed by atoms with Crippen LogP contribution in [-0.2, 0) is 32.0 Å². The number of carbonyl (C=O) groups excluding carboxylic acids is 1. The van der Waals surface area contributed by atoms with E-state index in [1.807, 2.05) is 53.6 Å². The second-order valence-corrected chi connectivity index (χ2v) is 8.73. The van der Waals surface area contributed by atoms with Crippen molar-refractivity contribution in [3.8, 4) is 0 Å². The third-order valence-corrected chi connectivity index (χ3v) is 6.15. The quantitative estimate of drug-likeness (QED) is 0.588. The van der Waals surface area contributed by atoms with Crippen molar-refractivity contribution in [2.75, 3.05) is 26.2 Å². The lowest BCUT2D eigenvalue weighted by Gasteiger charge is -2.35. The number of amides is 1. The maximum atomic E-state index is 13.0. The van der Waals surface area contributed by atoms with E-state index in [9.17, 15) is 14.4 Å². The molecule has 0 spiro atoms. The zero-order valence-corrected chi connectivity index (χ0v) is 19.1. The molecule has 3 aromatic rings. The normalized spacial score (nSPS) is 15.1. The van der Waals surface area contributed by atoms with Gasteiger partial charge in [-0.2, -0.15) is 0 Å². The molecule has 1 saturated heterocycles. The van der Waals surface area contributed by atoms with Gasteiger partial charge in [0.05, 0.1) is 6.54 Å². The maximum Gasteiger partial charge on any atom is 0.332 e. The number of fused-ring (bicyclic) bond motifs is 1. The first-order chi connectivity index (χ1) is 15.3. The molecule has 0 bridgehead atoms. The summed E-state index contributed by atoms with van der Waals surface area (Å²) in [6.07, 6.45) is 0. The van der Waals surface area contributed by atoms with Gasteiger partial charge in [0.2, 0.25) is 5.91 Å². The van der Waals surface area contributed by atoms with Crippen LogP contribution in [0.3, 0.4) is 0 Å². The Hall–Kier alpha value is -3.20.